The van der Waals surface area contributed by atoms with Crippen molar-refractivity contribution in [2.45, 2.75) is 297 Å². The largest absolute Gasteiger partial charge is 2.00 e. The fourth-order valence-corrected chi connectivity index (χ4v) is 8.67. The summed E-state index contributed by atoms with van der Waals surface area (Å²) < 4.78 is 10.4. The van der Waals surface area contributed by atoms with Gasteiger partial charge in [0.15, 0.2) is 0 Å². The van der Waals surface area contributed by atoms with E-state index >= 15 is 0 Å². The third kappa shape index (κ3) is 51.6. The van der Waals surface area contributed by atoms with Gasteiger partial charge in [-0.3, -0.25) is 0 Å². The molecule has 75 heavy (non-hydrogen) atoms. The van der Waals surface area contributed by atoms with Gasteiger partial charge in [0.05, 0.1) is 36.3 Å². The summed E-state index contributed by atoms with van der Waals surface area (Å²) in [7, 11) is 0. The molecular weight excluding hydrogens is 1040 g/mol. The standard InChI is InChI=1S/2C25H40O4.2C8H17.Sn/c2*1-2-3-4-5-6-7-8-9-10-11-12-13-14-15-18-21-29-25(28)23-20-17-16-19-22(23)24(26)27;2*1-3-5-7-8-6-4-2;/h2*16-17,19-20H,2-15,18,21H2,1H3,(H,26,27);2*1,3-8H2,2H3;/q;;;;+2/p-2. The number of hydrogen-bond acceptors (Lipinski definition) is 8. The molecular formula is C66H112O8Sn. The number of rotatable bonds is 46. The van der Waals surface area contributed by atoms with E-state index in [0.717, 1.165) is 51.4 Å². The maximum absolute atomic E-state index is 12.0. The monoisotopic (exact) mass is 1150 g/mol. The number of carbonyl (C=O) groups excluding carboxylic acids is 4. The van der Waals surface area contributed by atoms with Gasteiger partial charge >= 0.3 is 35.8 Å². The third-order valence-corrected chi connectivity index (χ3v) is 13.4. The van der Waals surface area contributed by atoms with Gasteiger partial charge in [-0.15, -0.1) is 0 Å². The fraction of sp³-hybridized carbons (Fsp3) is 0.727. The van der Waals surface area contributed by atoms with Crippen LogP contribution in [0.2, 0.25) is 0 Å². The van der Waals surface area contributed by atoms with Crippen molar-refractivity contribution in [3.63, 3.8) is 0 Å². The van der Waals surface area contributed by atoms with Gasteiger partial charge in [0.25, 0.3) is 0 Å². The van der Waals surface area contributed by atoms with E-state index in [0.29, 0.717) is 13.2 Å². The van der Waals surface area contributed by atoms with E-state index in [4.69, 9.17) is 9.47 Å². The smallest absolute Gasteiger partial charge is 0.545 e. The maximum Gasteiger partial charge on any atom is 2.00 e. The van der Waals surface area contributed by atoms with Gasteiger partial charge in [-0.05, 0) is 25.0 Å². The molecule has 0 atom stereocenters. The molecule has 0 heterocycles. The summed E-state index contributed by atoms with van der Waals surface area (Å²) in [5.41, 5.74) is -0.107. The molecule has 2 rings (SSSR count). The Morgan fingerprint density at radius 1 is 0.320 bits per heavy atom. The van der Waals surface area contributed by atoms with Crippen LogP contribution in [0, 0.1) is 13.8 Å². The molecule has 0 amide bonds. The average Bonchev–Trinajstić information content (AvgIpc) is 3.41. The molecule has 2 aromatic carbocycles. The first-order valence-electron chi connectivity index (χ1n) is 30.7. The number of aromatic carboxylic acids is 2. The Labute approximate surface area is 479 Å². The van der Waals surface area contributed by atoms with Gasteiger partial charge < -0.3 is 29.3 Å². The Bertz CT molecular complexity index is 1420. The topological polar surface area (TPSA) is 133 Å². The molecule has 0 saturated heterocycles. The van der Waals surface area contributed by atoms with Crippen molar-refractivity contribution in [1.29, 1.82) is 0 Å². The second kappa shape index (κ2) is 62.0. The van der Waals surface area contributed by atoms with Crippen molar-refractivity contribution in [2.24, 2.45) is 0 Å². The summed E-state index contributed by atoms with van der Waals surface area (Å²) in [6.07, 6.45) is 54.5. The van der Waals surface area contributed by atoms with Crippen LogP contribution < -0.4 is 10.2 Å². The van der Waals surface area contributed by atoms with Crippen molar-refractivity contribution in [2.75, 3.05) is 13.2 Å². The summed E-state index contributed by atoms with van der Waals surface area (Å²) in [6.45, 7) is 17.2. The molecule has 2 aromatic rings. The van der Waals surface area contributed by atoms with Crippen molar-refractivity contribution in [1.82, 2.24) is 0 Å². The van der Waals surface area contributed by atoms with E-state index in [-0.39, 0.29) is 46.2 Å². The van der Waals surface area contributed by atoms with Crippen molar-refractivity contribution in [3.8, 4) is 0 Å². The van der Waals surface area contributed by atoms with Gasteiger partial charge in [0.2, 0.25) is 0 Å². The Hall–Kier alpha value is -2.88. The van der Waals surface area contributed by atoms with Crippen molar-refractivity contribution in [3.05, 3.63) is 84.6 Å². The van der Waals surface area contributed by atoms with E-state index in [1.54, 1.807) is 24.3 Å². The second-order valence-corrected chi connectivity index (χ2v) is 20.4. The van der Waals surface area contributed by atoms with Gasteiger partial charge in [-0.2, -0.15) is 0 Å². The summed E-state index contributed by atoms with van der Waals surface area (Å²) in [4.78, 5) is 46.1. The van der Waals surface area contributed by atoms with Crippen LogP contribution in [0.1, 0.15) is 339 Å². The molecule has 8 nitrogen and oxygen atoms in total. The minimum absolute atomic E-state index is 0. The number of hydrogen-bond donors (Lipinski definition) is 0. The molecule has 9 heteroatoms. The Balaban J connectivity index is -0.00000106. The van der Waals surface area contributed by atoms with Crippen LogP contribution in [-0.2, 0) is 9.47 Å². The number of carboxylic acid groups (broad SMARTS) is 2. The maximum atomic E-state index is 12.0. The summed E-state index contributed by atoms with van der Waals surface area (Å²) >= 11 is 0. The van der Waals surface area contributed by atoms with Crippen LogP contribution in [0.25, 0.3) is 0 Å². The minimum atomic E-state index is -1.36. The number of unbranched alkanes of at least 4 members (excludes halogenated alkanes) is 38. The minimum Gasteiger partial charge on any atom is -0.545 e. The summed E-state index contributed by atoms with van der Waals surface area (Å²) in [5, 5.41) is 22.1. The zero-order valence-electron chi connectivity index (χ0n) is 48.9. The summed E-state index contributed by atoms with van der Waals surface area (Å²) in [5.74, 6) is -3.89. The van der Waals surface area contributed by atoms with Crippen LogP contribution in [0.15, 0.2) is 48.5 Å². The molecule has 428 valence electrons. The molecule has 0 aliphatic rings. The quantitative estimate of drug-likeness (QED) is 0.0364. The predicted molar refractivity (Wildman–Crippen MR) is 315 cm³/mol. The zero-order valence-corrected chi connectivity index (χ0v) is 51.8. The van der Waals surface area contributed by atoms with E-state index in [9.17, 15) is 29.4 Å². The van der Waals surface area contributed by atoms with Crippen LogP contribution in [0.5, 0.6) is 0 Å². The van der Waals surface area contributed by atoms with Gasteiger partial charge in [0, 0.05) is 11.1 Å². The molecule has 0 N–H and O–H groups in total. The number of ether oxygens (including phenoxy) is 2. The molecule has 0 aromatic heterocycles. The number of esters is 2. The average molecular weight is 1150 g/mol. The molecule has 0 aliphatic heterocycles. The van der Waals surface area contributed by atoms with E-state index < -0.39 is 23.9 Å². The predicted octanol–water partition coefficient (Wildman–Crippen LogP) is 18.1. The number of carboxylic acids is 2. The normalized spacial score (nSPS) is 10.4. The second-order valence-electron chi connectivity index (χ2n) is 20.4. The zero-order chi connectivity index (χ0) is 54.8. The molecule has 0 bridgehead atoms. The van der Waals surface area contributed by atoms with Crippen LogP contribution in [-0.4, -0.2) is 61.0 Å². The Kier molecular flexibility index (Phi) is 63.1. The van der Waals surface area contributed by atoms with Gasteiger partial charge in [0.1, 0.15) is 0 Å². The van der Waals surface area contributed by atoms with Crippen molar-refractivity contribution < 1.29 is 38.9 Å². The van der Waals surface area contributed by atoms with Crippen molar-refractivity contribution >= 4 is 47.8 Å². The van der Waals surface area contributed by atoms with E-state index in [1.165, 1.54) is 243 Å². The Morgan fingerprint density at radius 2 is 0.507 bits per heavy atom. The molecule has 0 fully saturated rings. The van der Waals surface area contributed by atoms with E-state index in [2.05, 4.69) is 41.5 Å². The molecule has 0 aliphatic carbocycles. The van der Waals surface area contributed by atoms with Crippen LogP contribution in [0.4, 0.5) is 0 Å². The third-order valence-electron chi connectivity index (χ3n) is 13.4. The SMILES string of the molecule is CCCCCCCCCCCCCCCCCOC(=O)c1ccccc1C(=O)[O-].CCCCCCCCCCCCCCCCCOC(=O)c1ccccc1C(=O)[O-].[CH2]CCCCCCC.[CH2]CCCCCCC.[Sn+2]. The van der Waals surface area contributed by atoms with Crippen LogP contribution >= 0.6 is 0 Å². The first-order valence-corrected chi connectivity index (χ1v) is 30.7. The number of carbonyl (C=O) groups is 4. The van der Waals surface area contributed by atoms with Crippen LogP contribution in [0.3, 0.4) is 0 Å². The first kappa shape index (κ1) is 76.4. The van der Waals surface area contributed by atoms with E-state index in [1.807, 2.05) is 0 Å². The van der Waals surface area contributed by atoms with Gasteiger partial charge in [-0.1, -0.05) is 335 Å². The molecule has 4 radical (unpaired) electrons. The summed E-state index contributed by atoms with van der Waals surface area (Å²) in [6, 6.07) is 12.0. The molecule has 0 saturated carbocycles. The fourth-order valence-electron chi connectivity index (χ4n) is 8.67. The van der Waals surface area contributed by atoms with Gasteiger partial charge in [-0.25, -0.2) is 9.59 Å². The Morgan fingerprint density at radius 3 is 0.707 bits per heavy atom. The molecule has 0 spiro atoms. The first-order chi connectivity index (χ1) is 36.2. The molecule has 0 unspecified atom stereocenters. The number of benzene rings is 2.